The SMILES string of the molecule is CCc1c(Cl)ncnc1Sc1ccncn1. The van der Waals surface area contributed by atoms with Crippen molar-refractivity contribution in [1.29, 1.82) is 0 Å². The summed E-state index contributed by atoms with van der Waals surface area (Å²) in [5.74, 6) is 0. The Balaban J connectivity index is 2.31. The molecule has 2 aromatic rings. The fraction of sp³-hybridized carbons (Fsp3) is 0.200. The molecule has 6 heteroatoms. The maximum absolute atomic E-state index is 6.00. The number of aromatic nitrogens is 4. The average molecular weight is 253 g/mol. The van der Waals surface area contributed by atoms with Gasteiger partial charge in [-0.1, -0.05) is 18.5 Å². The highest BCUT2D eigenvalue weighted by Gasteiger charge is 2.09. The Bertz CT molecular complexity index is 478. The Morgan fingerprint density at radius 1 is 1.25 bits per heavy atom. The van der Waals surface area contributed by atoms with Gasteiger partial charge in [0, 0.05) is 11.8 Å². The van der Waals surface area contributed by atoms with Gasteiger partial charge in [0.15, 0.2) is 0 Å². The van der Waals surface area contributed by atoms with E-state index in [0.717, 1.165) is 22.0 Å². The molecule has 82 valence electrons. The van der Waals surface area contributed by atoms with Crippen LogP contribution >= 0.6 is 23.4 Å². The second-order valence-corrected chi connectivity index (χ2v) is 4.32. The number of halogens is 1. The molecule has 0 amide bonds. The lowest BCUT2D eigenvalue weighted by molar-refractivity contribution is 0.938. The largest absolute Gasteiger partial charge is 0.245 e. The van der Waals surface area contributed by atoms with Crippen LogP contribution in [0.15, 0.2) is 35.0 Å². The van der Waals surface area contributed by atoms with Crippen molar-refractivity contribution in [1.82, 2.24) is 19.9 Å². The van der Waals surface area contributed by atoms with Gasteiger partial charge in [-0.3, -0.25) is 0 Å². The summed E-state index contributed by atoms with van der Waals surface area (Å²) < 4.78 is 0. The first-order valence-electron chi connectivity index (χ1n) is 4.74. The molecule has 0 atom stereocenters. The third kappa shape index (κ3) is 2.48. The average Bonchev–Trinajstić information content (AvgIpc) is 2.31. The molecule has 0 radical (unpaired) electrons. The van der Waals surface area contributed by atoms with E-state index in [1.54, 1.807) is 6.20 Å². The maximum atomic E-state index is 6.00. The van der Waals surface area contributed by atoms with E-state index in [2.05, 4.69) is 19.9 Å². The van der Waals surface area contributed by atoms with E-state index >= 15 is 0 Å². The normalized spacial score (nSPS) is 10.4. The zero-order valence-electron chi connectivity index (χ0n) is 8.59. The molecule has 2 rings (SSSR count). The van der Waals surface area contributed by atoms with Crippen LogP contribution in [0.5, 0.6) is 0 Å². The summed E-state index contributed by atoms with van der Waals surface area (Å²) in [6.45, 7) is 2.02. The van der Waals surface area contributed by atoms with Crippen molar-refractivity contribution in [2.75, 3.05) is 0 Å². The lowest BCUT2D eigenvalue weighted by Crippen LogP contribution is -1.94. The van der Waals surface area contributed by atoms with Crippen LogP contribution in [0.3, 0.4) is 0 Å². The van der Waals surface area contributed by atoms with Crippen LogP contribution in [-0.2, 0) is 6.42 Å². The van der Waals surface area contributed by atoms with Crippen LogP contribution in [0.4, 0.5) is 0 Å². The van der Waals surface area contributed by atoms with Gasteiger partial charge in [0.1, 0.15) is 27.9 Å². The van der Waals surface area contributed by atoms with Gasteiger partial charge in [-0.05, 0) is 24.2 Å². The monoisotopic (exact) mass is 252 g/mol. The second-order valence-electron chi connectivity index (χ2n) is 2.95. The molecule has 0 saturated heterocycles. The van der Waals surface area contributed by atoms with Crippen molar-refractivity contribution in [3.8, 4) is 0 Å². The predicted molar refractivity (Wildman–Crippen MR) is 62.6 cm³/mol. The number of nitrogens with zero attached hydrogens (tertiary/aromatic N) is 4. The van der Waals surface area contributed by atoms with Crippen molar-refractivity contribution in [3.63, 3.8) is 0 Å². The van der Waals surface area contributed by atoms with Crippen LogP contribution in [0, 0.1) is 0 Å². The molecule has 0 fully saturated rings. The second kappa shape index (κ2) is 5.23. The highest BCUT2D eigenvalue weighted by molar-refractivity contribution is 7.99. The van der Waals surface area contributed by atoms with Gasteiger partial charge in [-0.15, -0.1) is 0 Å². The number of hydrogen-bond donors (Lipinski definition) is 0. The Morgan fingerprint density at radius 2 is 2.12 bits per heavy atom. The van der Waals surface area contributed by atoms with E-state index in [9.17, 15) is 0 Å². The fourth-order valence-electron chi connectivity index (χ4n) is 1.20. The Hall–Kier alpha value is -1.20. The standard InChI is InChI=1S/C10H9ClN4S/c1-2-7-9(11)14-6-15-10(7)16-8-3-4-12-5-13-8/h3-6H,2H2,1H3. The molecule has 0 spiro atoms. The zero-order valence-corrected chi connectivity index (χ0v) is 10.2. The van der Waals surface area contributed by atoms with Crippen molar-refractivity contribution in [2.45, 2.75) is 23.4 Å². The maximum Gasteiger partial charge on any atom is 0.136 e. The molecule has 2 aromatic heterocycles. The smallest absolute Gasteiger partial charge is 0.136 e. The summed E-state index contributed by atoms with van der Waals surface area (Å²) in [6.07, 6.45) is 5.47. The van der Waals surface area contributed by atoms with Gasteiger partial charge >= 0.3 is 0 Å². The molecule has 0 aromatic carbocycles. The van der Waals surface area contributed by atoms with Gasteiger partial charge < -0.3 is 0 Å². The molecular formula is C10H9ClN4S. The molecule has 0 bridgehead atoms. The van der Waals surface area contributed by atoms with Crippen molar-refractivity contribution in [3.05, 3.63) is 35.6 Å². The fourth-order valence-corrected chi connectivity index (χ4v) is 2.41. The third-order valence-corrected chi connectivity index (χ3v) is 3.28. The summed E-state index contributed by atoms with van der Waals surface area (Å²) in [7, 11) is 0. The quantitative estimate of drug-likeness (QED) is 0.786. The Labute approximate surface area is 103 Å². The first kappa shape index (κ1) is 11.3. The summed E-state index contributed by atoms with van der Waals surface area (Å²) in [4.78, 5) is 16.2. The molecule has 0 unspecified atom stereocenters. The van der Waals surface area contributed by atoms with Gasteiger partial charge in [-0.2, -0.15) is 0 Å². The van der Waals surface area contributed by atoms with Crippen molar-refractivity contribution < 1.29 is 0 Å². The molecule has 0 N–H and O–H groups in total. The van der Waals surface area contributed by atoms with E-state index in [1.165, 1.54) is 24.4 Å². The molecule has 0 aliphatic rings. The van der Waals surface area contributed by atoms with E-state index in [4.69, 9.17) is 11.6 Å². The lowest BCUT2D eigenvalue weighted by atomic mass is 10.3. The van der Waals surface area contributed by atoms with Gasteiger partial charge in [0.25, 0.3) is 0 Å². The zero-order chi connectivity index (χ0) is 11.4. The van der Waals surface area contributed by atoms with Gasteiger partial charge in [-0.25, -0.2) is 19.9 Å². The minimum Gasteiger partial charge on any atom is -0.245 e. The van der Waals surface area contributed by atoms with Crippen LogP contribution < -0.4 is 0 Å². The van der Waals surface area contributed by atoms with Crippen molar-refractivity contribution in [2.24, 2.45) is 0 Å². The summed E-state index contributed by atoms with van der Waals surface area (Å²) in [5, 5.41) is 2.20. The van der Waals surface area contributed by atoms with Crippen LogP contribution in [-0.4, -0.2) is 19.9 Å². The molecule has 0 saturated carbocycles. The minimum atomic E-state index is 0.508. The molecule has 0 aliphatic heterocycles. The number of rotatable bonds is 3. The van der Waals surface area contributed by atoms with Gasteiger partial charge in [0.2, 0.25) is 0 Å². The summed E-state index contributed by atoms with van der Waals surface area (Å²) in [5.41, 5.74) is 0.952. The first-order chi connectivity index (χ1) is 7.81. The predicted octanol–water partition coefficient (Wildman–Crippen LogP) is 2.63. The van der Waals surface area contributed by atoms with Crippen LogP contribution in [0.25, 0.3) is 0 Å². The topological polar surface area (TPSA) is 51.6 Å². The number of hydrogen-bond acceptors (Lipinski definition) is 5. The van der Waals surface area contributed by atoms with E-state index in [0.29, 0.717) is 5.15 Å². The van der Waals surface area contributed by atoms with Crippen LogP contribution in [0.2, 0.25) is 5.15 Å². The van der Waals surface area contributed by atoms with Gasteiger partial charge in [0.05, 0.1) is 0 Å². The third-order valence-electron chi connectivity index (χ3n) is 1.96. The first-order valence-corrected chi connectivity index (χ1v) is 5.94. The van der Waals surface area contributed by atoms with E-state index in [1.807, 2.05) is 13.0 Å². The Morgan fingerprint density at radius 3 is 2.81 bits per heavy atom. The highest BCUT2D eigenvalue weighted by Crippen LogP contribution is 2.29. The minimum absolute atomic E-state index is 0.508. The van der Waals surface area contributed by atoms with Crippen LogP contribution in [0.1, 0.15) is 12.5 Å². The molecule has 4 nitrogen and oxygen atoms in total. The van der Waals surface area contributed by atoms with Crippen molar-refractivity contribution >= 4 is 23.4 Å². The molecule has 0 aliphatic carbocycles. The summed E-state index contributed by atoms with van der Waals surface area (Å²) in [6, 6.07) is 1.83. The highest BCUT2D eigenvalue weighted by atomic mass is 35.5. The van der Waals surface area contributed by atoms with E-state index < -0.39 is 0 Å². The summed E-state index contributed by atoms with van der Waals surface area (Å²) >= 11 is 7.46. The molecule has 2 heterocycles. The molecule has 16 heavy (non-hydrogen) atoms. The lowest BCUT2D eigenvalue weighted by Gasteiger charge is -2.05. The van der Waals surface area contributed by atoms with E-state index in [-0.39, 0.29) is 0 Å². The molecular weight excluding hydrogens is 244 g/mol. The Kier molecular flexibility index (Phi) is 3.69.